The molecule has 0 spiro atoms. The number of rotatable bonds is 5. The fourth-order valence-corrected chi connectivity index (χ4v) is 5.07. The van der Waals surface area contributed by atoms with Crippen LogP contribution in [0.2, 0.25) is 0 Å². The molecule has 0 bridgehead atoms. The molecule has 6 nitrogen and oxygen atoms in total. The number of aromatic nitrogens is 3. The van der Waals surface area contributed by atoms with Crippen LogP contribution in [-0.2, 0) is 15.7 Å². The van der Waals surface area contributed by atoms with Crippen molar-refractivity contribution < 1.29 is 22.2 Å². The Morgan fingerprint density at radius 1 is 1.30 bits per heavy atom. The van der Waals surface area contributed by atoms with E-state index in [1.54, 1.807) is 13.8 Å². The summed E-state index contributed by atoms with van der Waals surface area (Å²) in [4.78, 5) is 19.0. The Hall–Kier alpha value is -2.80. The highest BCUT2D eigenvalue weighted by Crippen LogP contribution is 2.36. The van der Waals surface area contributed by atoms with E-state index < -0.39 is 26.8 Å². The molecule has 160 valence electrons. The van der Waals surface area contributed by atoms with Gasteiger partial charge in [0.2, 0.25) is 0 Å². The highest BCUT2D eigenvalue weighted by Gasteiger charge is 2.34. The summed E-state index contributed by atoms with van der Waals surface area (Å²) in [6.07, 6.45) is 3.10. The molecule has 1 atom stereocenters. The quantitative estimate of drug-likeness (QED) is 0.529. The van der Waals surface area contributed by atoms with Crippen molar-refractivity contribution in [2.24, 2.45) is 0 Å². The van der Waals surface area contributed by atoms with E-state index >= 15 is 0 Å². The number of alkyl halides is 3. The van der Waals surface area contributed by atoms with Crippen molar-refractivity contribution in [3.63, 3.8) is 0 Å². The summed E-state index contributed by atoms with van der Waals surface area (Å²) < 4.78 is 54.1. The van der Waals surface area contributed by atoms with Crippen molar-refractivity contribution in [2.75, 3.05) is 12.9 Å². The van der Waals surface area contributed by atoms with Crippen molar-refractivity contribution in [2.45, 2.75) is 43.7 Å². The fraction of sp³-hybridized carbons (Fsp3) is 0.400. The van der Waals surface area contributed by atoms with Crippen LogP contribution in [0, 0.1) is 12.3 Å². The summed E-state index contributed by atoms with van der Waals surface area (Å²) in [6.45, 7) is 3.32. The Kier molecular flexibility index (Phi) is 5.69. The van der Waals surface area contributed by atoms with Gasteiger partial charge >= 0.3 is 11.7 Å². The van der Waals surface area contributed by atoms with E-state index in [-0.39, 0.29) is 34.5 Å². The van der Waals surface area contributed by atoms with E-state index in [4.69, 9.17) is 11.3 Å². The average molecular weight is 439 g/mol. The minimum atomic E-state index is -4.62. The Labute approximate surface area is 172 Å². The van der Waals surface area contributed by atoms with Gasteiger partial charge in [-0.25, -0.2) is 0 Å². The molecule has 2 aromatic rings. The van der Waals surface area contributed by atoms with Crippen molar-refractivity contribution in [3.8, 4) is 23.6 Å². The number of terminal acetylenes is 1. The SMILES string of the molecule is C#CCOn1c(C(C)C)nnc(-c2ccc(C(F)(F)F)cc2S(C)(=O)=C2CC2)c1=O. The molecule has 0 saturated heterocycles. The third-order valence-corrected chi connectivity index (χ3v) is 7.32. The number of halogens is 3. The van der Waals surface area contributed by atoms with Gasteiger partial charge in [0, 0.05) is 22.6 Å². The molecule has 1 fully saturated rings. The van der Waals surface area contributed by atoms with Gasteiger partial charge < -0.3 is 4.84 Å². The summed E-state index contributed by atoms with van der Waals surface area (Å²) in [6, 6.07) is 2.76. The van der Waals surface area contributed by atoms with Crippen molar-refractivity contribution in [1.29, 1.82) is 0 Å². The second kappa shape index (κ2) is 7.80. The van der Waals surface area contributed by atoms with E-state index in [0.29, 0.717) is 17.7 Å². The zero-order valence-electron chi connectivity index (χ0n) is 16.6. The highest BCUT2D eigenvalue weighted by atomic mass is 32.2. The molecule has 10 heteroatoms. The molecule has 1 aromatic heterocycles. The lowest BCUT2D eigenvalue weighted by molar-refractivity contribution is -0.137. The summed E-state index contributed by atoms with van der Waals surface area (Å²) >= 11 is 0. The molecule has 3 rings (SSSR count). The molecule has 0 N–H and O–H groups in total. The summed E-state index contributed by atoms with van der Waals surface area (Å²) in [5, 5.41) is 7.97. The van der Waals surface area contributed by atoms with Gasteiger partial charge in [0.25, 0.3) is 0 Å². The smallest absolute Gasteiger partial charge is 0.396 e. The average Bonchev–Trinajstić information content (AvgIpc) is 3.51. The van der Waals surface area contributed by atoms with Crippen LogP contribution in [-0.4, -0.2) is 36.9 Å². The summed E-state index contributed by atoms with van der Waals surface area (Å²) in [7, 11) is -2.92. The lowest BCUT2D eigenvalue weighted by atomic mass is 10.1. The molecular weight excluding hydrogens is 419 g/mol. The first kappa shape index (κ1) is 21.9. The Morgan fingerprint density at radius 3 is 2.50 bits per heavy atom. The van der Waals surface area contributed by atoms with E-state index in [0.717, 1.165) is 22.9 Å². The maximum atomic E-state index is 13.3. The molecule has 0 amide bonds. The molecule has 1 aromatic carbocycles. The fourth-order valence-electron chi connectivity index (χ4n) is 2.94. The number of nitrogens with zero attached hydrogens (tertiary/aromatic N) is 3. The Balaban J connectivity index is 2.31. The van der Waals surface area contributed by atoms with Gasteiger partial charge in [0.15, 0.2) is 18.1 Å². The molecule has 1 heterocycles. The minimum absolute atomic E-state index is 0.0285. The maximum Gasteiger partial charge on any atom is 0.416 e. The minimum Gasteiger partial charge on any atom is -0.396 e. The first-order chi connectivity index (χ1) is 14.0. The first-order valence-corrected chi connectivity index (χ1v) is 11.1. The standard InChI is InChI=1S/C20H20F3N3O3S/c1-5-10-29-26-18(12(2)3)25-24-17(19(26)27)15-9-6-13(20(21,22)23)11-16(15)30(4,28)14-7-8-14/h1,6,9,11-12H,7-8,10H2,2-4H3. The van der Waals surface area contributed by atoms with Gasteiger partial charge in [0.1, 0.15) is 0 Å². The van der Waals surface area contributed by atoms with E-state index in [2.05, 4.69) is 16.1 Å². The Bertz CT molecular complexity index is 1210. The van der Waals surface area contributed by atoms with E-state index in [1.807, 2.05) is 0 Å². The third kappa shape index (κ3) is 4.07. The lowest BCUT2D eigenvalue weighted by Crippen LogP contribution is -2.34. The van der Waals surface area contributed by atoms with Gasteiger partial charge in [0.05, 0.1) is 5.56 Å². The Morgan fingerprint density at radius 2 is 1.97 bits per heavy atom. The van der Waals surface area contributed by atoms with Gasteiger partial charge in [-0.3, -0.25) is 9.00 Å². The predicted octanol–water partition coefficient (Wildman–Crippen LogP) is 2.75. The van der Waals surface area contributed by atoms with Gasteiger partial charge in [-0.05, 0) is 39.4 Å². The van der Waals surface area contributed by atoms with Crippen LogP contribution in [0.4, 0.5) is 13.2 Å². The van der Waals surface area contributed by atoms with Gasteiger partial charge in [-0.1, -0.05) is 25.8 Å². The molecular formula is C20H20F3N3O3S. The highest BCUT2D eigenvalue weighted by molar-refractivity contribution is 8.02. The zero-order valence-corrected chi connectivity index (χ0v) is 17.4. The molecule has 1 unspecified atom stereocenters. The van der Waals surface area contributed by atoms with Crippen LogP contribution >= 0.6 is 0 Å². The van der Waals surface area contributed by atoms with Crippen LogP contribution < -0.4 is 10.4 Å². The molecule has 0 radical (unpaired) electrons. The number of hydrogen-bond acceptors (Lipinski definition) is 5. The molecule has 1 aliphatic rings. The number of hydrogen-bond donors (Lipinski definition) is 0. The monoisotopic (exact) mass is 439 g/mol. The molecule has 0 aliphatic heterocycles. The second-order valence-electron chi connectivity index (χ2n) is 7.23. The lowest BCUT2D eigenvalue weighted by Gasteiger charge is -2.17. The molecule has 1 saturated carbocycles. The molecule has 1 aliphatic carbocycles. The normalized spacial score (nSPS) is 15.6. The van der Waals surface area contributed by atoms with Crippen LogP contribution in [0.25, 0.3) is 11.3 Å². The van der Waals surface area contributed by atoms with Crippen molar-refractivity contribution in [1.82, 2.24) is 14.9 Å². The maximum absolute atomic E-state index is 13.3. The third-order valence-electron chi connectivity index (χ3n) is 4.63. The largest absolute Gasteiger partial charge is 0.416 e. The first-order valence-electron chi connectivity index (χ1n) is 9.10. The van der Waals surface area contributed by atoms with Gasteiger partial charge in [-0.15, -0.1) is 21.4 Å². The van der Waals surface area contributed by atoms with Crippen LogP contribution in [0.5, 0.6) is 0 Å². The van der Waals surface area contributed by atoms with Crippen LogP contribution in [0.3, 0.4) is 0 Å². The van der Waals surface area contributed by atoms with Gasteiger partial charge in [-0.2, -0.15) is 13.2 Å². The van der Waals surface area contributed by atoms with Crippen LogP contribution in [0.1, 0.15) is 44.0 Å². The van der Waals surface area contributed by atoms with Crippen LogP contribution in [0.15, 0.2) is 27.9 Å². The topological polar surface area (TPSA) is 74.1 Å². The summed E-state index contributed by atoms with van der Waals surface area (Å²) in [5.41, 5.74) is -1.91. The van der Waals surface area contributed by atoms with Crippen molar-refractivity contribution >= 4 is 14.4 Å². The van der Waals surface area contributed by atoms with E-state index in [9.17, 15) is 22.2 Å². The predicted molar refractivity (Wildman–Crippen MR) is 108 cm³/mol. The molecule has 30 heavy (non-hydrogen) atoms. The summed E-state index contributed by atoms with van der Waals surface area (Å²) in [5.74, 6) is 2.22. The number of benzene rings is 1. The second-order valence-corrected chi connectivity index (χ2v) is 9.93. The zero-order chi connectivity index (χ0) is 22.3. The van der Waals surface area contributed by atoms with E-state index in [1.165, 1.54) is 6.26 Å². The van der Waals surface area contributed by atoms with Crippen molar-refractivity contribution in [3.05, 3.63) is 39.9 Å².